The van der Waals surface area contributed by atoms with Gasteiger partial charge in [0.2, 0.25) is 5.91 Å². The summed E-state index contributed by atoms with van der Waals surface area (Å²) in [5.74, 6) is -1.15. The van der Waals surface area contributed by atoms with E-state index in [2.05, 4.69) is 4.98 Å². The summed E-state index contributed by atoms with van der Waals surface area (Å²) in [6, 6.07) is 6.03. The van der Waals surface area contributed by atoms with Crippen LogP contribution < -0.4 is 10.6 Å². The molecular formula is C18H19F2N3O. The number of pyridine rings is 1. The van der Waals surface area contributed by atoms with Crippen molar-refractivity contribution in [2.24, 2.45) is 5.73 Å². The fraction of sp³-hybridized carbons (Fsp3) is 0.333. The molecule has 1 amide bonds. The Bertz CT molecular complexity index is 724. The van der Waals surface area contributed by atoms with Gasteiger partial charge in [-0.1, -0.05) is 0 Å². The molecule has 0 saturated heterocycles. The van der Waals surface area contributed by atoms with Crippen molar-refractivity contribution in [3.05, 3.63) is 59.4 Å². The van der Waals surface area contributed by atoms with Gasteiger partial charge in [-0.05, 0) is 49.1 Å². The van der Waals surface area contributed by atoms with Crippen molar-refractivity contribution in [2.45, 2.75) is 31.2 Å². The first-order chi connectivity index (χ1) is 11.4. The minimum Gasteiger partial charge on any atom is -0.320 e. The molecule has 3 rings (SSSR count). The second kappa shape index (κ2) is 6.65. The van der Waals surface area contributed by atoms with E-state index in [9.17, 15) is 13.6 Å². The van der Waals surface area contributed by atoms with E-state index in [4.69, 9.17) is 5.73 Å². The third kappa shape index (κ3) is 3.76. The Labute approximate surface area is 139 Å². The summed E-state index contributed by atoms with van der Waals surface area (Å²) >= 11 is 0. The normalized spacial score (nSPS) is 15.2. The van der Waals surface area contributed by atoms with E-state index in [-0.39, 0.29) is 12.3 Å². The zero-order valence-electron chi connectivity index (χ0n) is 13.4. The lowest BCUT2D eigenvalue weighted by Gasteiger charge is -2.21. The monoisotopic (exact) mass is 331 g/mol. The fourth-order valence-corrected chi connectivity index (χ4v) is 2.66. The zero-order valence-corrected chi connectivity index (χ0v) is 13.4. The second-order valence-corrected chi connectivity index (χ2v) is 6.20. The number of amides is 1. The predicted octanol–water partition coefficient (Wildman–Crippen LogP) is 2.77. The number of carbonyl (C=O) groups is 1. The van der Waals surface area contributed by atoms with Crippen molar-refractivity contribution < 1.29 is 13.6 Å². The molecular weight excluding hydrogens is 312 g/mol. The number of nitrogens with two attached hydrogens (primary N) is 1. The van der Waals surface area contributed by atoms with Crippen molar-refractivity contribution in [1.82, 2.24) is 4.98 Å². The van der Waals surface area contributed by atoms with Gasteiger partial charge in [-0.25, -0.2) is 8.78 Å². The Balaban J connectivity index is 1.67. The average Bonchev–Trinajstić information content (AvgIpc) is 3.37. The van der Waals surface area contributed by atoms with Crippen LogP contribution in [0.5, 0.6) is 0 Å². The maximum absolute atomic E-state index is 13.2. The van der Waals surface area contributed by atoms with Crippen molar-refractivity contribution >= 4 is 11.6 Å². The minimum absolute atomic E-state index is 0.0610. The molecule has 4 nitrogen and oxygen atoms in total. The van der Waals surface area contributed by atoms with Gasteiger partial charge in [0.15, 0.2) is 0 Å². The zero-order chi connectivity index (χ0) is 17.3. The molecule has 0 aliphatic heterocycles. The number of rotatable bonds is 5. The number of likely N-dealkylation sites (N-methyl/N-ethyl adjacent to an activating group) is 1. The van der Waals surface area contributed by atoms with E-state index in [1.165, 1.54) is 17.0 Å². The van der Waals surface area contributed by atoms with Crippen LogP contribution in [0, 0.1) is 11.6 Å². The molecule has 1 aliphatic rings. The summed E-state index contributed by atoms with van der Waals surface area (Å²) < 4.78 is 26.5. The first kappa shape index (κ1) is 16.5. The molecule has 1 aromatic carbocycles. The van der Waals surface area contributed by atoms with Gasteiger partial charge in [0.25, 0.3) is 0 Å². The standard InChI is InChI=1S/C18H19F2N3O/c1-23(15-4-5-17(22-10-15)12-2-3-12)18(24)16(21)8-11-6-13(19)9-14(20)7-11/h4-7,9-10,12,16H,2-3,8,21H2,1H3/t16-/m0/s1. The quantitative estimate of drug-likeness (QED) is 0.916. The lowest BCUT2D eigenvalue weighted by Crippen LogP contribution is -2.43. The van der Waals surface area contributed by atoms with Crippen LogP contribution in [0.2, 0.25) is 0 Å². The summed E-state index contributed by atoms with van der Waals surface area (Å²) in [4.78, 5) is 18.2. The topological polar surface area (TPSA) is 59.2 Å². The summed E-state index contributed by atoms with van der Waals surface area (Å²) in [5.41, 5.74) is 7.95. The molecule has 1 heterocycles. The van der Waals surface area contributed by atoms with Gasteiger partial charge in [-0.15, -0.1) is 0 Å². The largest absolute Gasteiger partial charge is 0.320 e. The molecule has 1 aliphatic carbocycles. The van der Waals surface area contributed by atoms with Gasteiger partial charge < -0.3 is 10.6 Å². The van der Waals surface area contributed by atoms with Crippen molar-refractivity contribution in [2.75, 3.05) is 11.9 Å². The van der Waals surface area contributed by atoms with E-state index in [1.807, 2.05) is 12.1 Å². The molecule has 126 valence electrons. The molecule has 1 aromatic heterocycles. The first-order valence-corrected chi connectivity index (χ1v) is 7.88. The summed E-state index contributed by atoms with van der Waals surface area (Å²) in [5, 5.41) is 0. The van der Waals surface area contributed by atoms with Gasteiger partial charge in [-0.2, -0.15) is 0 Å². The SMILES string of the molecule is CN(C(=O)[C@@H](N)Cc1cc(F)cc(F)c1)c1ccc(C2CC2)nc1. The Kier molecular flexibility index (Phi) is 4.57. The Morgan fingerprint density at radius 1 is 1.29 bits per heavy atom. The number of hydrogen-bond donors (Lipinski definition) is 1. The number of benzene rings is 1. The van der Waals surface area contributed by atoms with E-state index >= 15 is 0 Å². The Morgan fingerprint density at radius 2 is 1.96 bits per heavy atom. The molecule has 2 N–H and O–H groups in total. The van der Waals surface area contributed by atoms with Crippen molar-refractivity contribution in [3.8, 4) is 0 Å². The number of anilines is 1. The minimum atomic E-state index is -0.890. The van der Waals surface area contributed by atoms with Gasteiger partial charge in [0.05, 0.1) is 17.9 Å². The molecule has 1 saturated carbocycles. The predicted molar refractivity (Wildman–Crippen MR) is 87.7 cm³/mol. The maximum atomic E-state index is 13.2. The van der Waals surface area contributed by atoms with E-state index in [1.54, 1.807) is 13.2 Å². The van der Waals surface area contributed by atoms with Crippen LogP contribution in [0.1, 0.15) is 30.0 Å². The van der Waals surface area contributed by atoms with Gasteiger partial charge in [0.1, 0.15) is 11.6 Å². The highest BCUT2D eigenvalue weighted by Crippen LogP contribution is 2.39. The number of carbonyl (C=O) groups excluding carboxylic acids is 1. The smallest absolute Gasteiger partial charge is 0.244 e. The lowest BCUT2D eigenvalue weighted by atomic mass is 10.1. The molecule has 1 atom stereocenters. The van der Waals surface area contributed by atoms with Crippen LogP contribution in [-0.2, 0) is 11.2 Å². The van der Waals surface area contributed by atoms with Gasteiger partial charge >= 0.3 is 0 Å². The van der Waals surface area contributed by atoms with Crippen LogP contribution in [-0.4, -0.2) is 24.0 Å². The summed E-state index contributed by atoms with van der Waals surface area (Å²) in [6.07, 6.45) is 4.04. The average molecular weight is 331 g/mol. The number of halogens is 2. The number of nitrogens with zero attached hydrogens (tertiary/aromatic N) is 2. The third-order valence-corrected chi connectivity index (χ3v) is 4.18. The highest BCUT2D eigenvalue weighted by molar-refractivity contribution is 5.96. The molecule has 6 heteroatoms. The molecule has 2 aromatic rings. The summed E-state index contributed by atoms with van der Waals surface area (Å²) in [6.45, 7) is 0. The van der Waals surface area contributed by atoms with Crippen molar-refractivity contribution in [3.63, 3.8) is 0 Å². The number of hydrogen-bond acceptors (Lipinski definition) is 3. The van der Waals surface area contributed by atoms with Crippen LogP contribution in [0.15, 0.2) is 36.5 Å². The van der Waals surface area contributed by atoms with E-state index in [0.29, 0.717) is 17.2 Å². The molecule has 0 spiro atoms. The third-order valence-electron chi connectivity index (χ3n) is 4.18. The van der Waals surface area contributed by atoms with Gasteiger partial charge in [0, 0.05) is 24.7 Å². The van der Waals surface area contributed by atoms with Crippen LogP contribution in [0.3, 0.4) is 0 Å². The Morgan fingerprint density at radius 3 is 2.50 bits per heavy atom. The highest BCUT2D eigenvalue weighted by atomic mass is 19.1. The van der Waals surface area contributed by atoms with Crippen LogP contribution >= 0.6 is 0 Å². The fourth-order valence-electron chi connectivity index (χ4n) is 2.66. The van der Waals surface area contributed by atoms with Crippen molar-refractivity contribution in [1.29, 1.82) is 0 Å². The molecule has 0 unspecified atom stereocenters. The molecule has 0 bridgehead atoms. The second-order valence-electron chi connectivity index (χ2n) is 6.20. The maximum Gasteiger partial charge on any atom is 0.244 e. The highest BCUT2D eigenvalue weighted by Gasteiger charge is 2.25. The Hall–Kier alpha value is -2.34. The molecule has 1 fully saturated rings. The molecule has 24 heavy (non-hydrogen) atoms. The van der Waals surface area contributed by atoms with Gasteiger partial charge in [-0.3, -0.25) is 9.78 Å². The van der Waals surface area contributed by atoms with E-state index in [0.717, 1.165) is 24.6 Å². The number of aromatic nitrogens is 1. The van der Waals surface area contributed by atoms with Crippen LogP contribution in [0.25, 0.3) is 0 Å². The molecule has 0 radical (unpaired) electrons. The van der Waals surface area contributed by atoms with E-state index < -0.39 is 17.7 Å². The first-order valence-electron chi connectivity index (χ1n) is 7.88. The summed E-state index contributed by atoms with van der Waals surface area (Å²) in [7, 11) is 1.61. The van der Waals surface area contributed by atoms with Crippen LogP contribution in [0.4, 0.5) is 14.5 Å². The lowest BCUT2D eigenvalue weighted by molar-refractivity contribution is -0.119.